The molecular weight excluding hydrogens is 732 g/mol. The van der Waals surface area contributed by atoms with Crippen LogP contribution in [0.1, 0.15) is 123 Å². The molecule has 15 heteroatoms. The van der Waals surface area contributed by atoms with Gasteiger partial charge in [0.05, 0.1) is 12.5 Å². The number of amides is 6. The molecule has 2 heterocycles. The molecular formula is C42H64N6O9. The van der Waals surface area contributed by atoms with Gasteiger partial charge in [-0.15, -0.1) is 0 Å². The minimum absolute atomic E-state index is 0.0266. The van der Waals surface area contributed by atoms with Crippen molar-refractivity contribution in [2.45, 2.75) is 153 Å². The molecule has 57 heavy (non-hydrogen) atoms. The first-order chi connectivity index (χ1) is 27.2. The fourth-order valence-electron chi connectivity index (χ4n) is 8.37. The Hall–Kier alpha value is -4.53. The van der Waals surface area contributed by atoms with Crippen molar-refractivity contribution in [3.05, 3.63) is 35.9 Å². The van der Waals surface area contributed by atoms with Gasteiger partial charge in [0.1, 0.15) is 30.2 Å². The van der Waals surface area contributed by atoms with Gasteiger partial charge in [-0.3, -0.25) is 33.6 Å². The third-order valence-corrected chi connectivity index (χ3v) is 11.6. The fourth-order valence-corrected chi connectivity index (χ4v) is 8.37. The highest BCUT2D eigenvalue weighted by molar-refractivity contribution is 5.98. The van der Waals surface area contributed by atoms with Crippen LogP contribution < -0.4 is 21.3 Å². The molecule has 1 aromatic carbocycles. The Kier molecular flexibility index (Phi) is 17.3. The Morgan fingerprint density at radius 3 is 2.09 bits per heavy atom. The van der Waals surface area contributed by atoms with E-state index in [0.29, 0.717) is 38.1 Å². The van der Waals surface area contributed by atoms with Gasteiger partial charge in [0.25, 0.3) is 0 Å². The standard InChI is InChI=1S/C42H64N6O9/c1-5-21-43-40(55)37(27(4)49)46-39(54)33-23-30(29-16-10-7-11-17-29)25-48(33)41(56)31(24-35(51)52)44-38(53)32-18-12-13-22-47(32)42(57)36(26(2)3)45-34(50)20-19-28-14-8-6-9-15-28/h7,10-11,16-17,26-28,30-33,36-37,49H,5-6,8-9,12-15,18-25H2,1-4H3,(H,43,55)(H,44,53)(H,45,50)(H,46,54)(H,51,52)/t27?,30?,31-,32-,33-,36-,37-/m0/s1. The Morgan fingerprint density at radius 2 is 1.46 bits per heavy atom. The summed E-state index contributed by atoms with van der Waals surface area (Å²) in [7, 11) is 0. The molecule has 0 bridgehead atoms. The monoisotopic (exact) mass is 796 g/mol. The highest BCUT2D eigenvalue weighted by Gasteiger charge is 2.45. The van der Waals surface area contributed by atoms with Gasteiger partial charge in [-0.2, -0.15) is 0 Å². The van der Waals surface area contributed by atoms with E-state index in [-0.39, 0.29) is 43.7 Å². The molecule has 0 radical (unpaired) electrons. The average molecular weight is 797 g/mol. The Balaban J connectivity index is 1.53. The molecule has 1 saturated carbocycles. The van der Waals surface area contributed by atoms with E-state index in [1.165, 1.54) is 36.0 Å². The molecule has 3 fully saturated rings. The summed E-state index contributed by atoms with van der Waals surface area (Å²) in [6.45, 7) is 7.50. The van der Waals surface area contributed by atoms with Crippen LogP contribution >= 0.6 is 0 Å². The topological polar surface area (TPSA) is 215 Å². The SMILES string of the molecule is CCCNC(=O)[C@@H](NC(=O)[C@@H]1CC(c2ccccc2)CN1C(=O)[C@H](CC(=O)O)NC(=O)[C@@H]1CCCCN1C(=O)[C@@H](NC(=O)CCC1CCCCC1)C(C)C)C(C)O. The number of nitrogens with zero attached hydrogens (tertiary/aromatic N) is 2. The van der Waals surface area contributed by atoms with Gasteiger partial charge >= 0.3 is 5.97 Å². The van der Waals surface area contributed by atoms with Crippen LogP contribution in [-0.4, -0.2) is 117 Å². The van der Waals surface area contributed by atoms with E-state index in [2.05, 4.69) is 21.3 Å². The van der Waals surface area contributed by atoms with Crippen LogP contribution in [0, 0.1) is 11.8 Å². The number of carbonyl (C=O) groups excluding carboxylic acids is 6. The molecule has 0 spiro atoms. The Morgan fingerprint density at radius 1 is 0.789 bits per heavy atom. The number of rotatable bonds is 18. The van der Waals surface area contributed by atoms with Crippen LogP contribution in [0.4, 0.5) is 0 Å². The van der Waals surface area contributed by atoms with Crippen LogP contribution in [-0.2, 0) is 33.6 Å². The largest absolute Gasteiger partial charge is 0.481 e. The number of aliphatic hydroxyl groups excluding tert-OH is 1. The van der Waals surface area contributed by atoms with Gasteiger partial charge in [0, 0.05) is 32.0 Å². The van der Waals surface area contributed by atoms with E-state index in [0.717, 1.165) is 24.8 Å². The van der Waals surface area contributed by atoms with E-state index in [1.54, 1.807) is 0 Å². The van der Waals surface area contributed by atoms with Gasteiger partial charge in [0.15, 0.2) is 0 Å². The summed E-state index contributed by atoms with van der Waals surface area (Å²) in [4.78, 5) is 97.3. The number of likely N-dealkylation sites (tertiary alicyclic amines) is 2. The molecule has 3 aliphatic rings. The quantitative estimate of drug-likeness (QED) is 0.129. The fraction of sp³-hybridized carbons (Fsp3) is 0.690. The second kappa shape index (κ2) is 21.8. The van der Waals surface area contributed by atoms with Crippen molar-refractivity contribution in [1.82, 2.24) is 31.1 Å². The maximum atomic E-state index is 14.4. The minimum atomic E-state index is -1.58. The number of carboxylic acids is 1. The molecule has 7 atom stereocenters. The van der Waals surface area contributed by atoms with Gasteiger partial charge in [-0.25, -0.2) is 0 Å². The summed E-state index contributed by atoms with van der Waals surface area (Å²) < 4.78 is 0. The van der Waals surface area contributed by atoms with Gasteiger partial charge in [-0.1, -0.05) is 83.2 Å². The van der Waals surface area contributed by atoms with E-state index >= 15 is 0 Å². The van der Waals surface area contributed by atoms with Crippen molar-refractivity contribution < 1.29 is 43.8 Å². The molecule has 0 aromatic heterocycles. The van der Waals surface area contributed by atoms with Crippen molar-refractivity contribution in [3.63, 3.8) is 0 Å². The number of hydrogen-bond acceptors (Lipinski definition) is 8. The lowest BCUT2D eigenvalue weighted by molar-refractivity contribution is -0.149. The minimum Gasteiger partial charge on any atom is -0.481 e. The zero-order valence-corrected chi connectivity index (χ0v) is 34.0. The normalized spacial score (nSPS) is 22.2. The number of benzene rings is 1. The van der Waals surface area contributed by atoms with Crippen LogP contribution in [0.25, 0.3) is 0 Å². The van der Waals surface area contributed by atoms with Crippen LogP contribution in [0.5, 0.6) is 0 Å². The van der Waals surface area contributed by atoms with E-state index in [1.807, 2.05) is 51.1 Å². The van der Waals surface area contributed by atoms with Crippen LogP contribution in [0.3, 0.4) is 0 Å². The third-order valence-electron chi connectivity index (χ3n) is 11.6. The first kappa shape index (κ1) is 45.2. The van der Waals surface area contributed by atoms with Gasteiger partial charge < -0.3 is 41.3 Å². The predicted molar refractivity (Wildman–Crippen MR) is 212 cm³/mol. The van der Waals surface area contributed by atoms with Crippen molar-refractivity contribution in [2.24, 2.45) is 11.8 Å². The summed E-state index contributed by atoms with van der Waals surface area (Å²) in [6.07, 6.45) is 7.11. The van der Waals surface area contributed by atoms with Crippen LogP contribution in [0.2, 0.25) is 0 Å². The highest BCUT2D eigenvalue weighted by atomic mass is 16.4. The summed E-state index contributed by atoms with van der Waals surface area (Å²) in [5, 5.41) is 31.2. The maximum Gasteiger partial charge on any atom is 0.305 e. The molecule has 2 saturated heterocycles. The van der Waals surface area contributed by atoms with Crippen molar-refractivity contribution in [3.8, 4) is 0 Å². The maximum absolute atomic E-state index is 14.4. The van der Waals surface area contributed by atoms with Crippen molar-refractivity contribution in [2.75, 3.05) is 19.6 Å². The Bertz CT molecular complexity index is 1550. The smallest absolute Gasteiger partial charge is 0.305 e. The molecule has 2 unspecified atom stereocenters. The summed E-state index contributed by atoms with van der Waals surface area (Å²) in [5.41, 5.74) is 0.842. The molecule has 316 valence electrons. The first-order valence-electron chi connectivity index (χ1n) is 20.9. The van der Waals surface area contributed by atoms with E-state index in [9.17, 15) is 43.8 Å². The summed E-state index contributed by atoms with van der Waals surface area (Å²) in [6, 6.07) is 3.27. The molecule has 1 aliphatic carbocycles. The lowest BCUT2D eigenvalue weighted by Crippen LogP contribution is -2.61. The summed E-state index contributed by atoms with van der Waals surface area (Å²) >= 11 is 0. The second-order valence-electron chi connectivity index (χ2n) is 16.4. The van der Waals surface area contributed by atoms with Crippen LogP contribution in [0.15, 0.2) is 30.3 Å². The Labute approximate surface area is 336 Å². The number of aliphatic carboxylic acids is 1. The number of hydrogen-bond donors (Lipinski definition) is 6. The lowest BCUT2D eigenvalue weighted by atomic mass is 9.86. The van der Waals surface area contributed by atoms with E-state index in [4.69, 9.17) is 0 Å². The molecule has 15 nitrogen and oxygen atoms in total. The van der Waals surface area contributed by atoms with Crippen molar-refractivity contribution >= 4 is 41.4 Å². The first-order valence-corrected chi connectivity index (χ1v) is 20.9. The molecule has 1 aromatic rings. The summed E-state index contributed by atoms with van der Waals surface area (Å²) in [5.74, 6) is -4.87. The van der Waals surface area contributed by atoms with Gasteiger partial charge in [0.2, 0.25) is 35.4 Å². The van der Waals surface area contributed by atoms with E-state index < -0.39 is 78.2 Å². The number of carboxylic acid groups (broad SMARTS) is 1. The number of nitrogens with one attached hydrogen (secondary N) is 4. The molecule has 2 aliphatic heterocycles. The third kappa shape index (κ3) is 12.7. The van der Waals surface area contributed by atoms with Crippen molar-refractivity contribution in [1.29, 1.82) is 0 Å². The molecule has 6 N–H and O–H groups in total. The average Bonchev–Trinajstić information content (AvgIpc) is 3.65. The molecule has 6 amide bonds. The lowest BCUT2D eigenvalue weighted by Gasteiger charge is -2.38. The van der Waals surface area contributed by atoms with Gasteiger partial charge in [-0.05, 0) is 62.8 Å². The number of piperidine rings is 1. The number of aliphatic hydroxyl groups is 1. The number of carbonyl (C=O) groups is 7. The zero-order chi connectivity index (χ0) is 41.6. The predicted octanol–water partition coefficient (Wildman–Crippen LogP) is 2.60. The molecule has 4 rings (SSSR count). The zero-order valence-electron chi connectivity index (χ0n) is 34.0. The second-order valence-corrected chi connectivity index (χ2v) is 16.4. The highest BCUT2D eigenvalue weighted by Crippen LogP contribution is 2.33.